The fourth-order valence-electron chi connectivity index (χ4n) is 3.67. The molecule has 0 radical (unpaired) electrons. The molecule has 0 N–H and O–H groups in total. The van der Waals surface area contributed by atoms with Crippen LogP contribution in [0.4, 0.5) is 0 Å². The second-order valence-electron chi connectivity index (χ2n) is 6.43. The van der Waals surface area contributed by atoms with E-state index in [9.17, 15) is 0 Å². The molecule has 1 heterocycles. The Labute approximate surface area is 166 Å². The number of hydrogen-bond acceptors (Lipinski definition) is 0. The zero-order valence-electron chi connectivity index (χ0n) is 14.1. The summed E-state index contributed by atoms with van der Waals surface area (Å²) in [6, 6.07) is 34.7. The molecule has 0 aliphatic carbocycles. The molecule has 0 saturated heterocycles. The van der Waals surface area contributed by atoms with E-state index in [1.807, 2.05) is 0 Å². The minimum Gasteiger partial charge on any atom is -0.309 e. The minimum atomic E-state index is 1.19. The van der Waals surface area contributed by atoms with Crippen LogP contribution in [0.5, 0.6) is 0 Å². The third-order valence-electron chi connectivity index (χ3n) is 4.86. The van der Waals surface area contributed by atoms with Crippen molar-refractivity contribution >= 4 is 44.4 Å². The van der Waals surface area contributed by atoms with Crippen LogP contribution >= 0.6 is 22.6 Å². The maximum Gasteiger partial charge on any atom is 0.0541 e. The molecule has 124 valence electrons. The lowest BCUT2D eigenvalue weighted by Gasteiger charge is -2.10. The Bertz CT molecular complexity index is 1180. The zero-order chi connectivity index (χ0) is 17.5. The van der Waals surface area contributed by atoms with Crippen molar-refractivity contribution < 1.29 is 0 Å². The first-order chi connectivity index (χ1) is 12.8. The van der Waals surface area contributed by atoms with Crippen molar-refractivity contribution in [1.82, 2.24) is 4.57 Å². The van der Waals surface area contributed by atoms with Gasteiger partial charge in [-0.25, -0.2) is 0 Å². The topological polar surface area (TPSA) is 4.93 Å². The minimum absolute atomic E-state index is 1.19. The molecular weight excluding hydrogens is 429 g/mol. The van der Waals surface area contributed by atoms with Crippen molar-refractivity contribution in [3.8, 4) is 16.8 Å². The van der Waals surface area contributed by atoms with Crippen LogP contribution in [0, 0.1) is 3.57 Å². The van der Waals surface area contributed by atoms with Gasteiger partial charge in [-0.15, -0.1) is 0 Å². The van der Waals surface area contributed by atoms with E-state index in [4.69, 9.17) is 0 Å². The van der Waals surface area contributed by atoms with E-state index >= 15 is 0 Å². The standard InChI is InChI=1S/C24H16IN/c25-19-14-12-17(13-15-19)18-6-5-7-20(16-18)26-23-10-3-1-8-21(23)22-9-2-4-11-24(22)26/h1-16H. The Hall–Kier alpha value is -2.59. The SMILES string of the molecule is Ic1ccc(-c2cccc(-n3c4ccccc4c4ccccc43)c2)cc1. The summed E-state index contributed by atoms with van der Waals surface area (Å²) in [7, 11) is 0. The van der Waals surface area contributed by atoms with Crippen LogP contribution in [0.3, 0.4) is 0 Å². The van der Waals surface area contributed by atoms with Gasteiger partial charge in [0.05, 0.1) is 11.0 Å². The summed E-state index contributed by atoms with van der Waals surface area (Å²) in [5, 5.41) is 2.59. The summed E-state index contributed by atoms with van der Waals surface area (Å²) in [6.07, 6.45) is 0. The third kappa shape index (κ3) is 2.53. The molecule has 0 fully saturated rings. The lowest BCUT2D eigenvalue weighted by atomic mass is 10.1. The van der Waals surface area contributed by atoms with E-state index in [1.54, 1.807) is 0 Å². The molecule has 0 spiro atoms. The van der Waals surface area contributed by atoms with Crippen LogP contribution in [0.25, 0.3) is 38.6 Å². The predicted molar refractivity (Wildman–Crippen MR) is 119 cm³/mol. The molecule has 0 aliphatic rings. The van der Waals surface area contributed by atoms with Crippen LogP contribution in [0.2, 0.25) is 0 Å². The predicted octanol–water partition coefficient (Wildman–Crippen LogP) is 7.06. The number of rotatable bonds is 2. The van der Waals surface area contributed by atoms with Crippen LogP contribution in [-0.2, 0) is 0 Å². The maximum absolute atomic E-state index is 2.36. The van der Waals surface area contributed by atoms with E-state index in [1.165, 1.54) is 42.2 Å². The smallest absolute Gasteiger partial charge is 0.0541 e. The first-order valence-corrected chi connectivity index (χ1v) is 9.74. The summed E-state index contributed by atoms with van der Waals surface area (Å²) < 4.78 is 3.62. The fraction of sp³-hybridized carbons (Fsp3) is 0. The lowest BCUT2D eigenvalue weighted by molar-refractivity contribution is 1.18. The van der Waals surface area contributed by atoms with Gasteiger partial charge in [0, 0.05) is 20.0 Å². The number of aromatic nitrogens is 1. The van der Waals surface area contributed by atoms with Gasteiger partial charge in [-0.1, -0.05) is 60.7 Å². The highest BCUT2D eigenvalue weighted by Gasteiger charge is 2.11. The molecule has 0 amide bonds. The summed E-state index contributed by atoms with van der Waals surface area (Å²) >= 11 is 2.35. The van der Waals surface area contributed by atoms with Crippen LogP contribution in [0.1, 0.15) is 0 Å². The Balaban J connectivity index is 1.78. The average Bonchev–Trinajstić information content (AvgIpc) is 3.03. The van der Waals surface area contributed by atoms with Crippen LogP contribution in [-0.4, -0.2) is 4.57 Å². The summed E-state index contributed by atoms with van der Waals surface area (Å²) in [6.45, 7) is 0. The number of para-hydroxylation sites is 2. The molecule has 0 atom stereocenters. The van der Waals surface area contributed by atoms with Gasteiger partial charge in [0.2, 0.25) is 0 Å². The van der Waals surface area contributed by atoms with Gasteiger partial charge in [-0.05, 0) is 70.1 Å². The molecule has 5 aromatic rings. The van der Waals surface area contributed by atoms with Gasteiger partial charge >= 0.3 is 0 Å². The van der Waals surface area contributed by atoms with Gasteiger partial charge in [0.15, 0.2) is 0 Å². The summed E-state index contributed by atoms with van der Waals surface area (Å²) in [5.74, 6) is 0. The number of benzene rings is 4. The van der Waals surface area contributed by atoms with Crippen molar-refractivity contribution in [1.29, 1.82) is 0 Å². The number of halogens is 1. The molecule has 0 saturated carbocycles. The van der Waals surface area contributed by atoms with Crippen molar-refractivity contribution in [2.75, 3.05) is 0 Å². The number of nitrogens with zero attached hydrogens (tertiary/aromatic N) is 1. The molecule has 26 heavy (non-hydrogen) atoms. The highest BCUT2D eigenvalue weighted by Crippen LogP contribution is 2.33. The third-order valence-corrected chi connectivity index (χ3v) is 5.58. The average molecular weight is 445 g/mol. The van der Waals surface area contributed by atoms with Crippen LogP contribution in [0.15, 0.2) is 97.1 Å². The molecule has 0 unspecified atom stereocenters. The van der Waals surface area contributed by atoms with Crippen LogP contribution < -0.4 is 0 Å². The number of hydrogen-bond donors (Lipinski definition) is 0. The monoisotopic (exact) mass is 445 g/mol. The molecular formula is C24H16IN. The largest absolute Gasteiger partial charge is 0.309 e. The molecule has 1 nitrogen and oxygen atoms in total. The van der Waals surface area contributed by atoms with E-state index < -0.39 is 0 Å². The van der Waals surface area contributed by atoms with E-state index in [0.29, 0.717) is 0 Å². The van der Waals surface area contributed by atoms with Crippen molar-refractivity contribution in [3.05, 3.63) is 101 Å². The first kappa shape index (κ1) is 15.6. The van der Waals surface area contributed by atoms with Gasteiger partial charge < -0.3 is 4.57 Å². The Morgan fingerprint density at radius 1 is 0.538 bits per heavy atom. The zero-order valence-corrected chi connectivity index (χ0v) is 16.2. The van der Waals surface area contributed by atoms with Gasteiger partial charge in [-0.3, -0.25) is 0 Å². The van der Waals surface area contributed by atoms with Crippen molar-refractivity contribution in [2.24, 2.45) is 0 Å². The summed E-state index contributed by atoms with van der Waals surface area (Å²) in [4.78, 5) is 0. The molecule has 0 bridgehead atoms. The van der Waals surface area contributed by atoms with E-state index in [2.05, 4.69) is 124 Å². The molecule has 4 aromatic carbocycles. The molecule has 2 heteroatoms. The summed E-state index contributed by atoms with van der Waals surface area (Å²) in [5.41, 5.74) is 6.16. The highest BCUT2D eigenvalue weighted by atomic mass is 127. The Kier molecular flexibility index (Phi) is 3.79. The highest BCUT2D eigenvalue weighted by molar-refractivity contribution is 14.1. The van der Waals surface area contributed by atoms with Crippen molar-refractivity contribution in [3.63, 3.8) is 0 Å². The van der Waals surface area contributed by atoms with Crippen molar-refractivity contribution in [2.45, 2.75) is 0 Å². The second kappa shape index (κ2) is 6.29. The van der Waals surface area contributed by atoms with Gasteiger partial charge in [0.1, 0.15) is 0 Å². The lowest BCUT2D eigenvalue weighted by Crippen LogP contribution is -1.94. The van der Waals surface area contributed by atoms with E-state index in [-0.39, 0.29) is 0 Å². The van der Waals surface area contributed by atoms with Gasteiger partial charge in [0.25, 0.3) is 0 Å². The molecule has 5 rings (SSSR count). The first-order valence-electron chi connectivity index (χ1n) is 8.66. The van der Waals surface area contributed by atoms with E-state index in [0.717, 1.165) is 0 Å². The maximum atomic E-state index is 2.36. The normalized spacial score (nSPS) is 11.3. The quantitative estimate of drug-likeness (QED) is 0.257. The molecule has 1 aromatic heterocycles. The fourth-order valence-corrected chi connectivity index (χ4v) is 4.03. The second-order valence-corrected chi connectivity index (χ2v) is 7.67. The van der Waals surface area contributed by atoms with Gasteiger partial charge in [-0.2, -0.15) is 0 Å². The number of fused-ring (bicyclic) bond motifs is 3. The Morgan fingerprint density at radius 2 is 1.15 bits per heavy atom. The Morgan fingerprint density at radius 3 is 1.81 bits per heavy atom. The molecule has 0 aliphatic heterocycles.